The lowest BCUT2D eigenvalue weighted by molar-refractivity contribution is -0.134. The summed E-state index contributed by atoms with van der Waals surface area (Å²) in [5, 5.41) is 5.70. The number of nitrogens with zero attached hydrogens (tertiary/aromatic N) is 1. The van der Waals surface area contributed by atoms with Crippen molar-refractivity contribution in [3.05, 3.63) is 35.9 Å². The molecule has 0 unspecified atom stereocenters. The Hall–Kier alpha value is -1.59. The summed E-state index contributed by atoms with van der Waals surface area (Å²) in [6.07, 6.45) is 0.402. The molecule has 112 valence electrons. The topological polar surface area (TPSA) is 61.4 Å². The van der Waals surface area contributed by atoms with E-state index in [9.17, 15) is 9.59 Å². The second-order valence-electron chi connectivity index (χ2n) is 4.37. The number of hydrogen-bond acceptors (Lipinski definition) is 3. The van der Waals surface area contributed by atoms with E-state index in [4.69, 9.17) is 0 Å². The molecule has 0 aromatic heterocycles. The highest BCUT2D eigenvalue weighted by atomic mass is 35.5. The lowest BCUT2D eigenvalue weighted by Crippen LogP contribution is -2.38. The van der Waals surface area contributed by atoms with Crippen LogP contribution in [0, 0.1) is 0 Å². The lowest BCUT2D eigenvalue weighted by Gasteiger charge is -2.16. The quantitative estimate of drug-likeness (QED) is 0.783. The van der Waals surface area contributed by atoms with Gasteiger partial charge in [0.25, 0.3) is 0 Å². The SMILES string of the molecule is CNCCC(=O)N(C)CC(=O)NCc1ccccc1.Cl. The van der Waals surface area contributed by atoms with E-state index < -0.39 is 0 Å². The van der Waals surface area contributed by atoms with Gasteiger partial charge in [-0.2, -0.15) is 0 Å². The van der Waals surface area contributed by atoms with Gasteiger partial charge in [0, 0.05) is 26.6 Å². The van der Waals surface area contributed by atoms with E-state index in [1.807, 2.05) is 30.3 Å². The molecule has 5 nitrogen and oxygen atoms in total. The van der Waals surface area contributed by atoms with Crippen molar-refractivity contribution in [1.82, 2.24) is 15.5 Å². The van der Waals surface area contributed by atoms with Crippen LogP contribution in [-0.4, -0.2) is 43.9 Å². The van der Waals surface area contributed by atoms with E-state index in [-0.39, 0.29) is 30.8 Å². The number of halogens is 1. The largest absolute Gasteiger partial charge is 0.350 e. The molecule has 0 saturated heterocycles. The van der Waals surface area contributed by atoms with Gasteiger partial charge in [-0.3, -0.25) is 9.59 Å². The predicted molar refractivity (Wildman–Crippen MR) is 81.7 cm³/mol. The molecule has 0 atom stereocenters. The summed E-state index contributed by atoms with van der Waals surface area (Å²) in [6.45, 7) is 1.20. The molecule has 0 aliphatic rings. The number of likely N-dealkylation sites (N-methyl/N-ethyl adjacent to an activating group) is 1. The summed E-state index contributed by atoms with van der Waals surface area (Å²) in [4.78, 5) is 24.7. The van der Waals surface area contributed by atoms with Gasteiger partial charge >= 0.3 is 0 Å². The average molecular weight is 300 g/mol. The molecular weight excluding hydrogens is 278 g/mol. The third kappa shape index (κ3) is 7.11. The van der Waals surface area contributed by atoms with Gasteiger partial charge < -0.3 is 15.5 Å². The fourth-order valence-corrected chi connectivity index (χ4v) is 1.58. The van der Waals surface area contributed by atoms with Crippen LogP contribution in [0.15, 0.2) is 30.3 Å². The minimum absolute atomic E-state index is 0. The second kappa shape index (κ2) is 10.2. The van der Waals surface area contributed by atoms with Crippen LogP contribution in [0.5, 0.6) is 0 Å². The second-order valence-corrected chi connectivity index (χ2v) is 4.37. The van der Waals surface area contributed by atoms with Crippen LogP contribution >= 0.6 is 12.4 Å². The first-order chi connectivity index (χ1) is 9.13. The molecular formula is C14H22ClN3O2. The lowest BCUT2D eigenvalue weighted by atomic mass is 10.2. The van der Waals surface area contributed by atoms with E-state index >= 15 is 0 Å². The van der Waals surface area contributed by atoms with Crippen molar-refractivity contribution < 1.29 is 9.59 Å². The summed E-state index contributed by atoms with van der Waals surface area (Å²) >= 11 is 0. The van der Waals surface area contributed by atoms with Gasteiger partial charge in [-0.05, 0) is 12.6 Å². The molecule has 0 saturated carbocycles. The Balaban J connectivity index is 0.00000361. The number of carbonyl (C=O) groups is 2. The molecule has 0 radical (unpaired) electrons. The van der Waals surface area contributed by atoms with E-state index in [2.05, 4.69) is 10.6 Å². The van der Waals surface area contributed by atoms with Crippen LogP contribution in [0.2, 0.25) is 0 Å². The molecule has 20 heavy (non-hydrogen) atoms. The Bertz CT molecular complexity index is 412. The van der Waals surface area contributed by atoms with Gasteiger partial charge in [-0.15, -0.1) is 12.4 Å². The molecule has 1 rings (SSSR count). The van der Waals surface area contributed by atoms with Crippen molar-refractivity contribution >= 4 is 24.2 Å². The van der Waals surface area contributed by atoms with Gasteiger partial charge in [0.05, 0.1) is 6.54 Å². The molecule has 0 aliphatic carbocycles. The summed E-state index contributed by atoms with van der Waals surface area (Å²) in [7, 11) is 3.43. The van der Waals surface area contributed by atoms with Gasteiger partial charge in [-0.25, -0.2) is 0 Å². The fraction of sp³-hybridized carbons (Fsp3) is 0.429. The fourth-order valence-electron chi connectivity index (χ4n) is 1.58. The summed E-state index contributed by atoms with van der Waals surface area (Å²) < 4.78 is 0. The van der Waals surface area contributed by atoms with E-state index in [1.54, 1.807) is 14.1 Å². The molecule has 0 bridgehead atoms. The number of carbonyl (C=O) groups excluding carboxylic acids is 2. The van der Waals surface area contributed by atoms with Crippen LogP contribution in [0.4, 0.5) is 0 Å². The summed E-state index contributed by atoms with van der Waals surface area (Å²) in [5.74, 6) is -0.187. The number of benzene rings is 1. The van der Waals surface area contributed by atoms with Crippen molar-refractivity contribution in [3.8, 4) is 0 Å². The molecule has 2 N–H and O–H groups in total. The van der Waals surface area contributed by atoms with Crippen LogP contribution in [0.3, 0.4) is 0 Å². The summed E-state index contributed by atoms with van der Waals surface area (Å²) in [6, 6.07) is 9.67. The minimum atomic E-state index is -0.149. The maximum absolute atomic E-state index is 11.7. The zero-order chi connectivity index (χ0) is 14.1. The standard InChI is InChI=1S/C14H21N3O2.ClH/c1-15-9-8-14(19)17(2)11-13(18)16-10-12-6-4-3-5-7-12;/h3-7,15H,8-11H2,1-2H3,(H,16,18);1H. The summed E-state index contributed by atoms with van der Waals surface area (Å²) in [5.41, 5.74) is 1.04. The first-order valence-electron chi connectivity index (χ1n) is 6.32. The minimum Gasteiger partial charge on any atom is -0.350 e. The molecule has 0 spiro atoms. The van der Waals surface area contributed by atoms with E-state index in [0.29, 0.717) is 19.5 Å². The Morgan fingerprint density at radius 3 is 2.45 bits per heavy atom. The first kappa shape index (κ1) is 18.4. The number of nitrogens with one attached hydrogen (secondary N) is 2. The smallest absolute Gasteiger partial charge is 0.239 e. The molecule has 1 aromatic carbocycles. The Labute approximate surface area is 126 Å². The number of hydrogen-bond donors (Lipinski definition) is 2. The van der Waals surface area contributed by atoms with Crippen molar-refractivity contribution in [2.45, 2.75) is 13.0 Å². The molecule has 0 heterocycles. The highest BCUT2D eigenvalue weighted by Gasteiger charge is 2.11. The van der Waals surface area contributed by atoms with Crippen LogP contribution in [0.25, 0.3) is 0 Å². The third-order valence-electron chi connectivity index (χ3n) is 2.73. The Morgan fingerprint density at radius 1 is 1.20 bits per heavy atom. The number of amides is 2. The van der Waals surface area contributed by atoms with E-state index in [1.165, 1.54) is 4.90 Å². The molecule has 0 fully saturated rings. The average Bonchev–Trinajstić information content (AvgIpc) is 2.43. The van der Waals surface area contributed by atoms with Gasteiger partial charge in [0.15, 0.2) is 0 Å². The van der Waals surface area contributed by atoms with Gasteiger partial charge in [-0.1, -0.05) is 30.3 Å². The number of rotatable bonds is 7. The van der Waals surface area contributed by atoms with Crippen LogP contribution in [0.1, 0.15) is 12.0 Å². The van der Waals surface area contributed by atoms with Crippen molar-refractivity contribution in [1.29, 1.82) is 0 Å². The van der Waals surface area contributed by atoms with Crippen molar-refractivity contribution in [2.24, 2.45) is 0 Å². The van der Waals surface area contributed by atoms with Gasteiger partial charge in [0.2, 0.25) is 11.8 Å². The zero-order valence-corrected chi connectivity index (χ0v) is 12.7. The van der Waals surface area contributed by atoms with Crippen LogP contribution < -0.4 is 10.6 Å². The Morgan fingerprint density at radius 2 is 1.85 bits per heavy atom. The molecule has 0 aliphatic heterocycles. The molecule has 2 amide bonds. The molecule has 6 heteroatoms. The highest BCUT2D eigenvalue weighted by molar-refractivity contribution is 5.85. The predicted octanol–water partition coefficient (Wildman–Crippen LogP) is 0.793. The monoisotopic (exact) mass is 299 g/mol. The van der Waals surface area contributed by atoms with Gasteiger partial charge in [0.1, 0.15) is 0 Å². The van der Waals surface area contributed by atoms with Crippen molar-refractivity contribution in [3.63, 3.8) is 0 Å². The van der Waals surface area contributed by atoms with E-state index in [0.717, 1.165) is 5.56 Å². The third-order valence-corrected chi connectivity index (χ3v) is 2.73. The molecule has 1 aromatic rings. The van der Waals surface area contributed by atoms with Crippen LogP contribution in [-0.2, 0) is 16.1 Å². The maximum atomic E-state index is 11.7. The normalized spacial score (nSPS) is 9.50. The zero-order valence-electron chi connectivity index (χ0n) is 11.9. The Kier molecular flexibility index (Phi) is 9.41. The highest BCUT2D eigenvalue weighted by Crippen LogP contribution is 1.97. The first-order valence-corrected chi connectivity index (χ1v) is 6.32. The maximum Gasteiger partial charge on any atom is 0.239 e. The van der Waals surface area contributed by atoms with Crippen molar-refractivity contribution in [2.75, 3.05) is 27.2 Å².